The van der Waals surface area contributed by atoms with Gasteiger partial charge in [0.15, 0.2) is 0 Å². The molecule has 1 fully saturated rings. The van der Waals surface area contributed by atoms with Crippen LogP contribution in [-0.2, 0) is 16.4 Å². The predicted octanol–water partition coefficient (Wildman–Crippen LogP) is 2.45. The van der Waals surface area contributed by atoms with E-state index in [0.717, 1.165) is 44.5 Å². The van der Waals surface area contributed by atoms with Crippen molar-refractivity contribution in [1.82, 2.24) is 4.90 Å². The highest BCUT2D eigenvalue weighted by Gasteiger charge is 2.18. The fraction of sp³-hybridized carbons (Fsp3) is 0.368. The molecule has 3 N–H and O–H groups in total. The molecule has 0 radical (unpaired) electrons. The van der Waals surface area contributed by atoms with E-state index in [0.29, 0.717) is 6.04 Å². The summed E-state index contributed by atoms with van der Waals surface area (Å²) in [6.07, 6.45) is 3.19. The summed E-state index contributed by atoms with van der Waals surface area (Å²) in [6.45, 7) is 3.16. The second-order valence-corrected chi connectivity index (χ2v) is 8.13. The molecule has 5 nitrogen and oxygen atoms in total. The lowest BCUT2D eigenvalue weighted by Gasteiger charge is -2.32. The zero-order chi connectivity index (χ0) is 17.7. The van der Waals surface area contributed by atoms with Gasteiger partial charge in [0.2, 0.25) is 10.0 Å². The second-order valence-electron chi connectivity index (χ2n) is 6.57. The van der Waals surface area contributed by atoms with E-state index in [1.54, 1.807) is 12.1 Å². The molecule has 1 aliphatic heterocycles. The van der Waals surface area contributed by atoms with Crippen LogP contribution in [0.15, 0.2) is 59.5 Å². The lowest BCUT2D eigenvalue weighted by molar-refractivity contribution is 0.221. The summed E-state index contributed by atoms with van der Waals surface area (Å²) in [6, 6.07) is 17.8. The molecular weight excluding hydrogens is 334 g/mol. The third kappa shape index (κ3) is 5.29. The van der Waals surface area contributed by atoms with E-state index < -0.39 is 10.0 Å². The Hall–Kier alpha value is -1.89. The Bertz CT molecular complexity index is 768. The van der Waals surface area contributed by atoms with Crippen molar-refractivity contribution in [1.29, 1.82) is 0 Å². The van der Waals surface area contributed by atoms with Gasteiger partial charge in [0.1, 0.15) is 0 Å². The largest absolute Gasteiger partial charge is 0.382 e. The highest BCUT2D eigenvalue weighted by Crippen LogP contribution is 2.17. The zero-order valence-electron chi connectivity index (χ0n) is 14.3. The lowest BCUT2D eigenvalue weighted by atomic mass is 10.0. The minimum absolute atomic E-state index is 0.170. The summed E-state index contributed by atoms with van der Waals surface area (Å²) in [5.74, 6) is 0. The number of likely N-dealkylation sites (tertiary alicyclic amines) is 1. The number of rotatable bonds is 6. The predicted molar refractivity (Wildman–Crippen MR) is 101 cm³/mol. The van der Waals surface area contributed by atoms with Gasteiger partial charge in [-0.3, -0.25) is 0 Å². The highest BCUT2D eigenvalue weighted by atomic mass is 32.2. The zero-order valence-corrected chi connectivity index (χ0v) is 15.1. The maximum absolute atomic E-state index is 11.3. The van der Waals surface area contributed by atoms with Crippen LogP contribution in [0.25, 0.3) is 0 Å². The number of nitrogens with zero attached hydrogens (tertiary/aromatic N) is 1. The molecule has 0 unspecified atom stereocenters. The molecule has 1 aliphatic rings. The first-order valence-corrected chi connectivity index (χ1v) is 10.2. The van der Waals surface area contributed by atoms with Crippen LogP contribution in [0.1, 0.15) is 18.4 Å². The Kier molecular flexibility index (Phi) is 5.73. The van der Waals surface area contributed by atoms with Gasteiger partial charge >= 0.3 is 0 Å². The van der Waals surface area contributed by atoms with E-state index in [1.165, 1.54) is 5.69 Å². The van der Waals surface area contributed by atoms with Crippen LogP contribution in [0.4, 0.5) is 5.69 Å². The van der Waals surface area contributed by atoms with Crippen molar-refractivity contribution in [2.24, 2.45) is 5.14 Å². The molecule has 0 atom stereocenters. The minimum Gasteiger partial charge on any atom is -0.382 e. The van der Waals surface area contributed by atoms with E-state index >= 15 is 0 Å². The number of hydrogen-bond acceptors (Lipinski definition) is 4. The summed E-state index contributed by atoms with van der Waals surface area (Å²) in [4.78, 5) is 2.64. The molecule has 0 bridgehead atoms. The average Bonchev–Trinajstić information content (AvgIpc) is 2.62. The fourth-order valence-corrected chi connectivity index (χ4v) is 3.72. The summed E-state index contributed by atoms with van der Waals surface area (Å²) >= 11 is 0. The Morgan fingerprint density at radius 2 is 1.64 bits per heavy atom. The van der Waals surface area contributed by atoms with Crippen molar-refractivity contribution in [3.8, 4) is 0 Å². The maximum Gasteiger partial charge on any atom is 0.238 e. The lowest BCUT2D eigenvalue weighted by Crippen LogP contribution is -2.40. The molecule has 0 aromatic heterocycles. The van der Waals surface area contributed by atoms with Crippen LogP contribution in [0, 0.1) is 0 Å². The summed E-state index contributed by atoms with van der Waals surface area (Å²) in [5, 5.41) is 8.72. The maximum atomic E-state index is 11.3. The van der Waals surface area contributed by atoms with Gasteiger partial charge in [0.05, 0.1) is 4.90 Å². The van der Waals surface area contributed by atoms with Gasteiger partial charge in [-0.2, -0.15) is 0 Å². The summed E-state index contributed by atoms with van der Waals surface area (Å²) in [5.41, 5.74) is 2.33. The fourth-order valence-electron chi connectivity index (χ4n) is 3.20. The first kappa shape index (κ1) is 17.9. The summed E-state index contributed by atoms with van der Waals surface area (Å²) < 4.78 is 22.5. The molecule has 0 spiro atoms. The first-order chi connectivity index (χ1) is 12.0. The minimum atomic E-state index is -3.60. The van der Waals surface area contributed by atoms with E-state index in [-0.39, 0.29) is 4.90 Å². The molecule has 1 heterocycles. The molecule has 0 amide bonds. The van der Waals surface area contributed by atoms with E-state index in [1.807, 2.05) is 18.2 Å². The molecule has 2 aromatic rings. The van der Waals surface area contributed by atoms with Crippen molar-refractivity contribution >= 4 is 15.7 Å². The van der Waals surface area contributed by atoms with Crippen LogP contribution in [-0.4, -0.2) is 39.0 Å². The van der Waals surface area contributed by atoms with E-state index in [9.17, 15) is 8.42 Å². The molecule has 6 heteroatoms. The SMILES string of the molecule is NS(=O)(=O)c1ccc(CCN2CCC(Nc3ccccc3)CC2)cc1. The van der Waals surface area contributed by atoms with Crippen LogP contribution >= 0.6 is 0 Å². The Labute approximate surface area is 149 Å². The number of benzene rings is 2. The number of nitrogens with two attached hydrogens (primary N) is 1. The average molecular weight is 359 g/mol. The van der Waals surface area contributed by atoms with Crippen LogP contribution < -0.4 is 10.5 Å². The molecule has 3 rings (SSSR count). The summed E-state index contributed by atoms with van der Waals surface area (Å²) in [7, 11) is -3.60. The molecular formula is C19H25N3O2S. The standard InChI is InChI=1S/C19H25N3O2S/c20-25(23,24)19-8-6-16(7-9-19)10-13-22-14-11-18(12-15-22)21-17-4-2-1-3-5-17/h1-9,18,21H,10-15H2,(H2,20,23,24). The van der Waals surface area contributed by atoms with E-state index in [2.05, 4.69) is 34.5 Å². The Balaban J connectivity index is 1.43. The topological polar surface area (TPSA) is 75.4 Å². The monoisotopic (exact) mass is 359 g/mol. The van der Waals surface area contributed by atoms with Crippen LogP contribution in [0.2, 0.25) is 0 Å². The van der Waals surface area contributed by atoms with Gasteiger partial charge in [0.25, 0.3) is 0 Å². The van der Waals surface area contributed by atoms with Gasteiger partial charge in [-0.1, -0.05) is 30.3 Å². The number of anilines is 1. The Morgan fingerprint density at radius 3 is 2.24 bits per heavy atom. The molecule has 1 saturated heterocycles. The van der Waals surface area contributed by atoms with Crippen LogP contribution in [0.5, 0.6) is 0 Å². The number of piperidine rings is 1. The highest BCUT2D eigenvalue weighted by molar-refractivity contribution is 7.89. The number of sulfonamides is 1. The number of primary sulfonamides is 1. The van der Waals surface area contributed by atoms with Gasteiger partial charge in [-0.25, -0.2) is 13.6 Å². The van der Waals surface area contributed by atoms with Gasteiger partial charge in [0, 0.05) is 31.4 Å². The van der Waals surface area contributed by atoms with Crippen molar-refractivity contribution < 1.29 is 8.42 Å². The van der Waals surface area contributed by atoms with Gasteiger partial charge in [-0.15, -0.1) is 0 Å². The van der Waals surface area contributed by atoms with Crippen molar-refractivity contribution in [3.05, 3.63) is 60.2 Å². The molecule has 25 heavy (non-hydrogen) atoms. The number of nitrogens with one attached hydrogen (secondary N) is 1. The van der Waals surface area contributed by atoms with Crippen molar-refractivity contribution in [2.75, 3.05) is 25.0 Å². The Morgan fingerprint density at radius 1 is 1.00 bits per heavy atom. The number of para-hydroxylation sites is 1. The van der Waals surface area contributed by atoms with Gasteiger partial charge in [-0.05, 0) is 49.1 Å². The van der Waals surface area contributed by atoms with Crippen molar-refractivity contribution in [3.63, 3.8) is 0 Å². The molecule has 2 aromatic carbocycles. The van der Waals surface area contributed by atoms with Gasteiger partial charge < -0.3 is 10.2 Å². The number of hydrogen-bond donors (Lipinski definition) is 2. The third-order valence-electron chi connectivity index (χ3n) is 4.70. The van der Waals surface area contributed by atoms with E-state index in [4.69, 9.17) is 5.14 Å². The van der Waals surface area contributed by atoms with Crippen LogP contribution in [0.3, 0.4) is 0 Å². The normalized spacial score (nSPS) is 16.7. The first-order valence-electron chi connectivity index (χ1n) is 8.66. The molecule has 0 saturated carbocycles. The second kappa shape index (κ2) is 7.99. The van der Waals surface area contributed by atoms with Crippen molar-refractivity contribution in [2.45, 2.75) is 30.2 Å². The molecule has 0 aliphatic carbocycles. The third-order valence-corrected chi connectivity index (χ3v) is 5.63. The molecule has 134 valence electrons. The quantitative estimate of drug-likeness (QED) is 0.831. The smallest absolute Gasteiger partial charge is 0.238 e.